The number of ether oxygens (including phenoxy) is 2. The number of carbonyl (C=O) groups excluding carboxylic acids is 4. The zero-order valence-corrected chi connectivity index (χ0v) is 24.8. The smallest absolute Gasteiger partial charge is 0.339 e. The van der Waals surface area contributed by atoms with Crippen molar-refractivity contribution in [3.05, 3.63) is 187 Å². The minimum atomic E-state index is -1.43. The molecule has 12 nitrogen and oxygen atoms in total. The molecule has 2 atom stereocenters. The Morgan fingerprint density at radius 3 is 1.04 bits per heavy atom. The summed E-state index contributed by atoms with van der Waals surface area (Å²) in [5, 5.41) is 22.2. The first-order valence-electron chi connectivity index (χ1n) is 14.3. The molecule has 0 spiro atoms. The van der Waals surface area contributed by atoms with Crippen molar-refractivity contribution in [1.29, 1.82) is 0 Å². The largest absolute Gasteiger partial charge is 0.445 e. The third-order valence-corrected chi connectivity index (χ3v) is 7.21. The molecule has 0 saturated carbocycles. The van der Waals surface area contributed by atoms with Crippen LogP contribution in [0.15, 0.2) is 133 Å². The Morgan fingerprint density at radius 2 is 0.750 bits per heavy atom. The summed E-state index contributed by atoms with van der Waals surface area (Å²) in [5.41, 5.74) is 0.461. The van der Waals surface area contributed by atoms with Gasteiger partial charge in [-0.25, -0.2) is 9.59 Å². The van der Waals surface area contributed by atoms with Crippen molar-refractivity contribution in [2.24, 2.45) is 0 Å². The van der Waals surface area contributed by atoms with Crippen LogP contribution in [0.5, 0.6) is 0 Å². The highest BCUT2D eigenvalue weighted by atomic mass is 16.6. The molecule has 0 fully saturated rings. The fourth-order valence-electron chi connectivity index (χ4n) is 4.69. The standard InChI is InChI=1S/C36H24N2O10/c39-31(23-7-3-1-4-8-23)33(25-15-19-29(20-16-25)37(43)44)47-35(41)27-11-13-28(14-12-27)36(42)48-34(32(40)24-9-5-2-6-10-24)26-17-21-30(22-18-26)38(45)46/h1-22,33-34H/t33-,34+. The van der Waals surface area contributed by atoms with Crippen LogP contribution in [0.4, 0.5) is 11.4 Å². The second-order valence-corrected chi connectivity index (χ2v) is 10.3. The molecule has 0 bridgehead atoms. The highest BCUT2D eigenvalue weighted by Gasteiger charge is 2.29. The third kappa shape index (κ3) is 7.51. The number of ketones is 2. The van der Waals surface area contributed by atoms with Crippen molar-refractivity contribution in [3.8, 4) is 0 Å². The lowest BCUT2D eigenvalue weighted by molar-refractivity contribution is -0.385. The highest BCUT2D eigenvalue weighted by molar-refractivity contribution is 6.03. The number of Topliss-reactive ketones (excluding diaryl/α,β-unsaturated/α-hetero) is 2. The van der Waals surface area contributed by atoms with Gasteiger partial charge in [0.25, 0.3) is 11.4 Å². The molecule has 0 N–H and O–H groups in total. The maximum Gasteiger partial charge on any atom is 0.339 e. The summed E-state index contributed by atoms with van der Waals surface area (Å²) in [5.74, 6) is -2.94. The lowest BCUT2D eigenvalue weighted by Gasteiger charge is -2.18. The number of rotatable bonds is 12. The number of non-ortho nitro benzene ring substituents is 2. The van der Waals surface area contributed by atoms with Gasteiger partial charge in [-0.3, -0.25) is 29.8 Å². The average Bonchev–Trinajstić information content (AvgIpc) is 3.13. The summed E-state index contributed by atoms with van der Waals surface area (Å²) in [7, 11) is 0. The van der Waals surface area contributed by atoms with Gasteiger partial charge in [-0.1, -0.05) is 60.7 Å². The van der Waals surface area contributed by atoms with Crippen LogP contribution in [0.3, 0.4) is 0 Å². The van der Waals surface area contributed by atoms with Crippen LogP contribution in [-0.2, 0) is 9.47 Å². The number of hydrogen-bond donors (Lipinski definition) is 0. The van der Waals surface area contributed by atoms with E-state index in [-0.39, 0.29) is 44.8 Å². The molecule has 5 aromatic rings. The van der Waals surface area contributed by atoms with E-state index < -0.39 is 45.6 Å². The van der Waals surface area contributed by atoms with Crippen molar-refractivity contribution in [2.75, 3.05) is 0 Å². The lowest BCUT2D eigenvalue weighted by atomic mass is 9.99. The van der Waals surface area contributed by atoms with Crippen LogP contribution in [0.25, 0.3) is 0 Å². The first-order chi connectivity index (χ1) is 23.1. The molecular formula is C36H24N2O10. The maximum absolute atomic E-state index is 13.4. The van der Waals surface area contributed by atoms with Crippen molar-refractivity contribution >= 4 is 34.9 Å². The van der Waals surface area contributed by atoms with Crippen LogP contribution in [0, 0.1) is 20.2 Å². The van der Waals surface area contributed by atoms with E-state index in [0.29, 0.717) is 0 Å². The van der Waals surface area contributed by atoms with E-state index in [1.54, 1.807) is 60.7 Å². The molecular weight excluding hydrogens is 620 g/mol. The van der Waals surface area contributed by atoms with Gasteiger partial charge in [0.15, 0.2) is 12.2 Å². The summed E-state index contributed by atoms with van der Waals surface area (Å²) >= 11 is 0. The SMILES string of the molecule is O=C(O[C@H](C(=O)c1ccccc1)c1ccc([N+](=O)[O-])cc1)c1ccc(C(=O)O[C@@H](C(=O)c2ccccc2)c2ccc([N+](=O)[O-])cc2)cc1. The number of nitro groups is 2. The molecule has 0 unspecified atom stereocenters. The molecule has 0 aliphatic carbocycles. The number of esters is 2. The van der Waals surface area contributed by atoms with Gasteiger partial charge in [-0.15, -0.1) is 0 Å². The van der Waals surface area contributed by atoms with Crippen molar-refractivity contribution in [3.63, 3.8) is 0 Å². The molecule has 0 aliphatic rings. The van der Waals surface area contributed by atoms with Crippen LogP contribution in [-0.4, -0.2) is 33.4 Å². The number of carbonyl (C=O) groups is 4. The van der Waals surface area contributed by atoms with E-state index in [1.807, 2.05) is 0 Å². The lowest BCUT2D eigenvalue weighted by Crippen LogP contribution is -2.21. The van der Waals surface area contributed by atoms with Gasteiger partial charge >= 0.3 is 11.9 Å². The highest BCUT2D eigenvalue weighted by Crippen LogP contribution is 2.28. The van der Waals surface area contributed by atoms with Crippen LogP contribution < -0.4 is 0 Å². The summed E-state index contributed by atoms with van der Waals surface area (Å²) in [4.78, 5) is 74.2. The van der Waals surface area contributed by atoms with Crippen LogP contribution in [0.1, 0.15) is 64.8 Å². The van der Waals surface area contributed by atoms with Gasteiger partial charge < -0.3 is 9.47 Å². The zero-order valence-electron chi connectivity index (χ0n) is 24.8. The van der Waals surface area contributed by atoms with Crippen molar-refractivity contribution in [2.45, 2.75) is 12.2 Å². The van der Waals surface area contributed by atoms with E-state index in [9.17, 15) is 39.4 Å². The summed E-state index contributed by atoms with van der Waals surface area (Å²) < 4.78 is 11.2. The number of hydrogen-bond acceptors (Lipinski definition) is 10. The Hall–Kier alpha value is -6.82. The predicted molar refractivity (Wildman–Crippen MR) is 170 cm³/mol. The van der Waals surface area contributed by atoms with Crippen molar-refractivity contribution in [1.82, 2.24) is 0 Å². The van der Waals surface area contributed by atoms with Gasteiger partial charge in [0.1, 0.15) is 0 Å². The Bertz CT molecular complexity index is 1830. The Kier molecular flexibility index (Phi) is 9.85. The molecule has 5 rings (SSSR count). The minimum Gasteiger partial charge on any atom is -0.445 e. The van der Waals surface area contributed by atoms with Crippen LogP contribution in [0.2, 0.25) is 0 Å². The second-order valence-electron chi connectivity index (χ2n) is 10.3. The Labute approximate surface area is 272 Å². The van der Waals surface area contributed by atoms with Gasteiger partial charge in [0.05, 0.1) is 21.0 Å². The molecule has 5 aromatic carbocycles. The zero-order chi connectivity index (χ0) is 34.2. The van der Waals surface area contributed by atoms with E-state index in [2.05, 4.69) is 0 Å². The number of benzene rings is 5. The van der Waals surface area contributed by atoms with E-state index in [4.69, 9.17) is 9.47 Å². The number of nitro benzene ring substituents is 2. The monoisotopic (exact) mass is 644 g/mol. The topological polar surface area (TPSA) is 173 Å². The Morgan fingerprint density at radius 1 is 0.438 bits per heavy atom. The molecule has 12 heteroatoms. The minimum absolute atomic E-state index is 0.0217. The summed E-state index contributed by atoms with van der Waals surface area (Å²) in [6, 6.07) is 31.3. The fraction of sp³-hybridized carbons (Fsp3) is 0.0556. The van der Waals surface area contributed by atoms with Gasteiger partial charge in [0, 0.05) is 46.5 Å². The molecule has 0 amide bonds. The first-order valence-corrected chi connectivity index (χ1v) is 14.3. The number of nitrogens with zero attached hydrogens (tertiary/aromatic N) is 2. The van der Waals surface area contributed by atoms with Gasteiger partial charge in [0.2, 0.25) is 11.6 Å². The molecule has 238 valence electrons. The third-order valence-electron chi connectivity index (χ3n) is 7.21. The molecule has 0 radical (unpaired) electrons. The average molecular weight is 645 g/mol. The van der Waals surface area contributed by atoms with E-state index in [0.717, 1.165) is 0 Å². The fourth-order valence-corrected chi connectivity index (χ4v) is 4.69. The molecule has 0 aliphatic heterocycles. The second kappa shape index (κ2) is 14.5. The molecule has 0 saturated heterocycles. The summed E-state index contributed by atoms with van der Waals surface area (Å²) in [6.45, 7) is 0. The maximum atomic E-state index is 13.4. The van der Waals surface area contributed by atoms with E-state index in [1.165, 1.54) is 72.8 Å². The molecule has 48 heavy (non-hydrogen) atoms. The summed E-state index contributed by atoms with van der Waals surface area (Å²) in [6.07, 6.45) is -2.87. The Balaban J connectivity index is 1.36. The van der Waals surface area contributed by atoms with E-state index >= 15 is 0 Å². The van der Waals surface area contributed by atoms with Crippen molar-refractivity contribution < 1.29 is 38.5 Å². The first kappa shape index (κ1) is 32.6. The molecule has 0 heterocycles. The van der Waals surface area contributed by atoms with Gasteiger partial charge in [-0.05, 0) is 48.5 Å². The van der Waals surface area contributed by atoms with Gasteiger partial charge in [-0.2, -0.15) is 0 Å². The van der Waals surface area contributed by atoms with Crippen LogP contribution >= 0.6 is 0 Å². The normalized spacial score (nSPS) is 11.8. The quantitative estimate of drug-likeness (QED) is 0.0592. The molecule has 0 aromatic heterocycles. The predicted octanol–water partition coefficient (Wildman–Crippen LogP) is 7.07.